The first-order valence-electron chi connectivity index (χ1n) is 4.03. The van der Waals surface area contributed by atoms with E-state index in [2.05, 4.69) is 0 Å². The monoisotopic (exact) mass is 212 g/mol. The lowest BCUT2D eigenvalue weighted by Gasteiger charge is -2.34. The fourth-order valence-corrected chi connectivity index (χ4v) is 2.50. The van der Waals surface area contributed by atoms with Gasteiger partial charge >= 0.3 is 10.2 Å². The van der Waals surface area contributed by atoms with Crippen molar-refractivity contribution in [3.05, 3.63) is 0 Å². The molecule has 13 heavy (non-hydrogen) atoms. The first-order valence-corrected chi connectivity index (χ1v) is 5.58. The van der Waals surface area contributed by atoms with E-state index in [0.717, 1.165) is 0 Å². The molecule has 0 spiro atoms. The third-order valence-corrected chi connectivity index (χ3v) is 3.14. The first kappa shape index (κ1) is 10.9. The zero-order valence-electron chi connectivity index (χ0n) is 7.45. The molecule has 0 N–H and O–H groups in total. The average Bonchev–Trinajstić information content (AvgIpc) is 2.03. The van der Waals surface area contributed by atoms with Crippen LogP contribution in [0.15, 0.2) is 0 Å². The van der Waals surface area contributed by atoms with Gasteiger partial charge in [0.15, 0.2) is 0 Å². The maximum absolute atomic E-state index is 12.5. The molecule has 1 saturated heterocycles. The highest BCUT2D eigenvalue weighted by molar-refractivity contribution is 7.86. The fraction of sp³-hybridized carbons (Fsp3) is 1.00. The van der Waals surface area contributed by atoms with E-state index < -0.39 is 21.6 Å². The van der Waals surface area contributed by atoms with Crippen LogP contribution in [0.25, 0.3) is 0 Å². The number of methoxy groups -OCH3 is 1. The summed E-state index contributed by atoms with van der Waals surface area (Å²) in [6.07, 6.45) is 0.847. The van der Waals surface area contributed by atoms with Gasteiger partial charge < -0.3 is 9.47 Å². The molecule has 6 heteroatoms. The summed E-state index contributed by atoms with van der Waals surface area (Å²) in [5.74, 6) is -0.570. The van der Waals surface area contributed by atoms with Crippen molar-refractivity contribution in [2.45, 2.75) is 18.4 Å². The molecule has 0 saturated carbocycles. The number of halogens is 1. The summed E-state index contributed by atoms with van der Waals surface area (Å²) in [6.45, 7) is 0.840. The number of hydrogen-bond donors (Lipinski definition) is 0. The molecule has 1 aliphatic heterocycles. The van der Waals surface area contributed by atoms with Gasteiger partial charge in [-0.3, -0.25) is 0 Å². The van der Waals surface area contributed by atoms with Crippen molar-refractivity contribution in [2.24, 2.45) is 0 Å². The first-order chi connectivity index (χ1) is 5.97. The highest BCUT2D eigenvalue weighted by Crippen LogP contribution is 2.26. The molecule has 0 aromatic rings. The second kappa shape index (κ2) is 3.89. The second-order valence-corrected chi connectivity index (χ2v) is 4.55. The summed E-state index contributed by atoms with van der Waals surface area (Å²) < 4.78 is 43.5. The molecule has 0 unspecified atom stereocenters. The van der Waals surface area contributed by atoms with Crippen LogP contribution < -0.4 is 0 Å². The molecule has 0 aromatic carbocycles. The van der Waals surface area contributed by atoms with Crippen LogP contribution in [-0.2, 0) is 19.7 Å². The van der Waals surface area contributed by atoms with Gasteiger partial charge in [-0.2, -0.15) is 8.42 Å². The molecule has 1 fully saturated rings. The molecule has 0 aliphatic carbocycles. The fourth-order valence-electron chi connectivity index (χ4n) is 1.46. The Morgan fingerprint density at radius 2 is 2.00 bits per heavy atom. The van der Waals surface area contributed by atoms with Gasteiger partial charge in [0.05, 0.1) is 5.60 Å². The van der Waals surface area contributed by atoms with Crippen LogP contribution in [0.2, 0.25) is 0 Å². The zero-order valence-corrected chi connectivity index (χ0v) is 8.27. The Labute approximate surface area is 77.2 Å². The SMILES string of the molecule is COC1(CS(=O)(=O)F)CCOCC1. The topological polar surface area (TPSA) is 52.6 Å². The summed E-state index contributed by atoms with van der Waals surface area (Å²) in [5.41, 5.74) is -0.883. The van der Waals surface area contributed by atoms with Gasteiger partial charge in [-0.1, -0.05) is 0 Å². The van der Waals surface area contributed by atoms with Crippen molar-refractivity contribution in [2.75, 3.05) is 26.1 Å². The lowest BCUT2D eigenvalue weighted by molar-refractivity contribution is -0.0753. The summed E-state index contributed by atoms with van der Waals surface area (Å²) in [7, 11) is -3.08. The lowest BCUT2D eigenvalue weighted by Crippen LogP contribution is -2.43. The normalized spacial score (nSPS) is 22.9. The van der Waals surface area contributed by atoms with E-state index in [-0.39, 0.29) is 0 Å². The number of ether oxygens (including phenoxy) is 2. The second-order valence-electron chi connectivity index (χ2n) is 3.18. The molecule has 0 bridgehead atoms. The van der Waals surface area contributed by atoms with E-state index in [1.165, 1.54) is 7.11 Å². The van der Waals surface area contributed by atoms with Gasteiger partial charge in [0.25, 0.3) is 0 Å². The highest BCUT2D eigenvalue weighted by atomic mass is 32.3. The van der Waals surface area contributed by atoms with Crippen LogP contribution in [0.5, 0.6) is 0 Å². The van der Waals surface area contributed by atoms with Crippen LogP contribution in [0.1, 0.15) is 12.8 Å². The van der Waals surface area contributed by atoms with E-state index in [9.17, 15) is 12.3 Å². The minimum Gasteiger partial charge on any atom is -0.381 e. The molecule has 0 atom stereocenters. The summed E-state index contributed by atoms with van der Waals surface area (Å²) in [5, 5.41) is 0. The minimum absolute atomic E-state index is 0.420. The highest BCUT2D eigenvalue weighted by Gasteiger charge is 2.37. The molecule has 0 aromatic heterocycles. The van der Waals surface area contributed by atoms with E-state index >= 15 is 0 Å². The Balaban J connectivity index is 2.68. The van der Waals surface area contributed by atoms with Crippen LogP contribution in [-0.4, -0.2) is 40.1 Å². The van der Waals surface area contributed by atoms with Gasteiger partial charge in [-0.15, -0.1) is 3.89 Å². The van der Waals surface area contributed by atoms with Crippen molar-refractivity contribution < 1.29 is 21.8 Å². The molecule has 78 valence electrons. The van der Waals surface area contributed by atoms with Crippen molar-refractivity contribution in [3.8, 4) is 0 Å². The smallest absolute Gasteiger partial charge is 0.305 e. The Kier molecular flexibility index (Phi) is 3.26. The maximum Gasteiger partial charge on any atom is 0.305 e. The van der Waals surface area contributed by atoms with Crippen LogP contribution in [0, 0.1) is 0 Å². The minimum atomic E-state index is -4.47. The summed E-state index contributed by atoms with van der Waals surface area (Å²) in [6, 6.07) is 0. The maximum atomic E-state index is 12.5. The number of hydrogen-bond acceptors (Lipinski definition) is 4. The predicted molar refractivity (Wildman–Crippen MR) is 44.7 cm³/mol. The van der Waals surface area contributed by atoms with Gasteiger partial charge in [0.2, 0.25) is 0 Å². The molecule has 4 nitrogen and oxygen atoms in total. The third kappa shape index (κ3) is 3.21. The van der Waals surface area contributed by atoms with Crippen LogP contribution in [0.4, 0.5) is 3.89 Å². The van der Waals surface area contributed by atoms with Gasteiger partial charge in [0.1, 0.15) is 5.75 Å². The quantitative estimate of drug-likeness (QED) is 0.638. The molecule has 1 rings (SSSR count). The summed E-state index contributed by atoms with van der Waals surface area (Å²) in [4.78, 5) is 0. The molecule has 0 amide bonds. The summed E-state index contributed by atoms with van der Waals surface area (Å²) >= 11 is 0. The lowest BCUT2D eigenvalue weighted by atomic mass is 9.97. The average molecular weight is 212 g/mol. The Hall–Kier alpha value is -0.200. The molecule has 1 heterocycles. The molecule has 0 radical (unpaired) electrons. The van der Waals surface area contributed by atoms with Gasteiger partial charge in [-0.25, -0.2) is 0 Å². The molecular formula is C7H13FO4S. The Morgan fingerprint density at radius 3 is 2.38 bits per heavy atom. The molecular weight excluding hydrogens is 199 g/mol. The van der Waals surface area contributed by atoms with Crippen LogP contribution in [0.3, 0.4) is 0 Å². The van der Waals surface area contributed by atoms with E-state index in [4.69, 9.17) is 9.47 Å². The predicted octanol–water partition coefficient (Wildman–Crippen LogP) is 0.481. The van der Waals surface area contributed by atoms with Gasteiger partial charge in [-0.05, 0) is 0 Å². The van der Waals surface area contributed by atoms with Crippen molar-refractivity contribution in [1.82, 2.24) is 0 Å². The van der Waals surface area contributed by atoms with E-state index in [1.54, 1.807) is 0 Å². The van der Waals surface area contributed by atoms with Crippen molar-refractivity contribution in [1.29, 1.82) is 0 Å². The Bertz CT molecular complexity index is 256. The number of rotatable bonds is 3. The standard InChI is InChI=1S/C7H13FO4S/c1-11-7(6-13(8,9)10)2-4-12-5-3-7/h2-6H2,1H3. The third-order valence-electron chi connectivity index (χ3n) is 2.27. The van der Waals surface area contributed by atoms with E-state index in [0.29, 0.717) is 26.1 Å². The van der Waals surface area contributed by atoms with Crippen molar-refractivity contribution in [3.63, 3.8) is 0 Å². The zero-order chi connectivity index (χ0) is 9.95. The Morgan fingerprint density at radius 1 is 1.46 bits per heavy atom. The molecule has 1 aliphatic rings. The largest absolute Gasteiger partial charge is 0.381 e. The van der Waals surface area contributed by atoms with E-state index in [1.807, 2.05) is 0 Å². The van der Waals surface area contributed by atoms with Crippen LogP contribution >= 0.6 is 0 Å². The van der Waals surface area contributed by atoms with Crippen molar-refractivity contribution >= 4 is 10.2 Å². The van der Waals surface area contributed by atoms with Gasteiger partial charge in [0, 0.05) is 33.2 Å².